The second-order valence-electron chi connectivity index (χ2n) is 6.84. The highest BCUT2D eigenvalue weighted by atomic mass is 16.5. The summed E-state index contributed by atoms with van der Waals surface area (Å²) in [5, 5.41) is 6.75. The molecule has 2 rings (SSSR count). The number of ether oxygens (including phenoxy) is 2. The fraction of sp³-hybridized carbons (Fsp3) is 0.650. The van der Waals surface area contributed by atoms with Gasteiger partial charge in [-0.05, 0) is 32.4 Å². The number of likely N-dealkylation sites (N-methyl/N-ethyl adjacent to an activating group) is 1. The third kappa shape index (κ3) is 7.72. The summed E-state index contributed by atoms with van der Waals surface area (Å²) in [6.07, 6.45) is 2.26. The minimum atomic E-state index is 0.286. The van der Waals surface area contributed by atoms with Crippen molar-refractivity contribution in [1.82, 2.24) is 15.5 Å². The Labute approximate surface area is 158 Å². The quantitative estimate of drug-likeness (QED) is 0.378. The number of guanidine groups is 1. The average Bonchev–Trinajstić information content (AvgIpc) is 3.18. The van der Waals surface area contributed by atoms with Gasteiger partial charge in [0.15, 0.2) is 5.96 Å². The lowest BCUT2D eigenvalue weighted by Gasteiger charge is -2.25. The van der Waals surface area contributed by atoms with E-state index in [0.717, 1.165) is 58.3 Å². The van der Waals surface area contributed by atoms with Crippen molar-refractivity contribution in [2.24, 2.45) is 4.99 Å². The zero-order valence-corrected chi connectivity index (χ0v) is 16.4. The van der Waals surface area contributed by atoms with E-state index in [1.807, 2.05) is 0 Å². The Bertz CT molecular complexity index is 518. The molecule has 2 N–H and O–H groups in total. The normalized spacial score (nSPS) is 18.9. The van der Waals surface area contributed by atoms with Crippen molar-refractivity contribution in [3.8, 4) is 0 Å². The van der Waals surface area contributed by atoms with E-state index < -0.39 is 0 Å². The van der Waals surface area contributed by atoms with Crippen molar-refractivity contribution >= 4 is 5.96 Å². The molecule has 2 unspecified atom stereocenters. The van der Waals surface area contributed by atoms with Gasteiger partial charge in [-0.15, -0.1) is 0 Å². The molecule has 1 aromatic carbocycles. The third-order valence-electron chi connectivity index (χ3n) is 4.67. The average molecular weight is 363 g/mol. The van der Waals surface area contributed by atoms with Crippen LogP contribution in [0.4, 0.5) is 0 Å². The maximum Gasteiger partial charge on any atom is 0.191 e. The topological polar surface area (TPSA) is 58.1 Å². The summed E-state index contributed by atoms with van der Waals surface area (Å²) < 4.78 is 11.1. The predicted molar refractivity (Wildman–Crippen MR) is 107 cm³/mol. The SMILES string of the molecule is CN=C(NCCCOC1CCOC1)NCC(C)N(C)Cc1ccccc1. The molecule has 1 saturated heterocycles. The van der Waals surface area contributed by atoms with Gasteiger partial charge in [0.25, 0.3) is 0 Å². The Kier molecular flexibility index (Phi) is 9.45. The first kappa shape index (κ1) is 20.7. The summed E-state index contributed by atoms with van der Waals surface area (Å²) in [7, 11) is 3.96. The van der Waals surface area contributed by atoms with E-state index in [2.05, 4.69) is 64.8 Å². The van der Waals surface area contributed by atoms with Crippen molar-refractivity contribution in [1.29, 1.82) is 0 Å². The molecule has 0 aromatic heterocycles. The van der Waals surface area contributed by atoms with Gasteiger partial charge in [0.1, 0.15) is 0 Å². The van der Waals surface area contributed by atoms with Crippen LogP contribution in [-0.2, 0) is 16.0 Å². The maximum absolute atomic E-state index is 5.77. The van der Waals surface area contributed by atoms with Gasteiger partial charge < -0.3 is 20.1 Å². The molecule has 26 heavy (non-hydrogen) atoms. The molecule has 0 aliphatic carbocycles. The number of rotatable bonds is 10. The number of nitrogens with zero attached hydrogens (tertiary/aromatic N) is 2. The molecule has 0 bridgehead atoms. The Balaban J connectivity index is 1.58. The zero-order valence-electron chi connectivity index (χ0n) is 16.4. The highest BCUT2D eigenvalue weighted by Gasteiger charge is 2.15. The van der Waals surface area contributed by atoms with Crippen LogP contribution < -0.4 is 10.6 Å². The standard InChI is InChI=1S/C20H34N4O2/c1-17(24(3)15-18-8-5-4-6-9-18)14-23-20(21-2)22-11-7-12-26-19-10-13-25-16-19/h4-6,8-9,17,19H,7,10-16H2,1-3H3,(H2,21,22,23). The van der Waals surface area contributed by atoms with Crippen LogP contribution in [-0.4, -0.2) is 70.0 Å². The number of nitrogens with one attached hydrogen (secondary N) is 2. The lowest BCUT2D eigenvalue weighted by atomic mass is 10.2. The van der Waals surface area contributed by atoms with E-state index in [1.165, 1.54) is 5.56 Å². The Morgan fingerprint density at radius 3 is 2.85 bits per heavy atom. The molecule has 146 valence electrons. The van der Waals surface area contributed by atoms with Crippen molar-refractivity contribution < 1.29 is 9.47 Å². The summed E-state index contributed by atoms with van der Waals surface area (Å²) in [5.74, 6) is 0.842. The Morgan fingerprint density at radius 2 is 2.15 bits per heavy atom. The maximum atomic E-state index is 5.77. The minimum absolute atomic E-state index is 0.286. The summed E-state index contributed by atoms with van der Waals surface area (Å²) >= 11 is 0. The molecule has 0 saturated carbocycles. The molecule has 1 aliphatic rings. The second kappa shape index (κ2) is 11.9. The molecule has 6 heteroatoms. The summed E-state index contributed by atoms with van der Waals surface area (Å²) in [4.78, 5) is 6.63. The fourth-order valence-electron chi connectivity index (χ4n) is 2.82. The number of hydrogen-bond donors (Lipinski definition) is 2. The highest BCUT2D eigenvalue weighted by molar-refractivity contribution is 5.79. The van der Waals surface area contributed by atoms with Gasteiger partial charge in [0, 0.05) is 45.9 Å². The molecule has 1 heterocycles. The highest BCUT2D eigenvalue weighted by Crippen LogP contribution is 2.08. The van der Waals surface area contributed by atoms with E-state index in [4.69, 9.17) is 9.47 Å². The Morgan fingerprint density at radius 1 is 1.35 bits per heavy atom. The van der Waals surface area contributed by atoms with Crippen molar-refractivity contribution in [2.75, 3.05) is 47.0 Å². The zero-order chi connectivity index (χ0) is 18.6. The van der Waals surface area contributed by atoms with Gasteiger partial charge in [-0.25, -0.2) is 0 Å². The fourth-order valence-corrected chi connectivity index (χ4v) is 2.82. The van der Waals surface area contributed by atoms with E-state index in [-0.39, 0.29) is 6.10 Å². The summed E-state index contributed by atoms with van der Waals surface area (Å²) in [5.41, 5.74) is 1.33. The smallest absolute Gasteiger partial charge is 0.191 e. The molecule has 6 nitrogen and oxygen atoms in total. The summed E-state index contributed by atoms with van der Waals surface area (Å²) in [6, 6.07) is 11.0. The first-order valence-corrected chi connectivity index (χ1v) is 9.57. The van der Waals surface area contributed by atoms with Crippen molar-refractivity contribution in [2.45, 2.75) is 38.5 Å². The lowest BCUT2D eigenvalue weighted by Crippen LogP contribution is -2.45. The molecule has 1 aromatic rings. The predicted octanol–water partition coefficient (Wildman–Crippen LogP) is 1.87. The molecule has 1 aliphatic heterocycles. The van der Waals surface area contributed by atoms with E-state index >= 15 is 0 Å². The lowest BCUT2D eigenvalue weighted by molar-refractivity contribution is 0.0420. The molecule has 0 radical (unpaired) electrons. The van der Waals surface area contributed by atoms with Crippen LogP contribution in [0.15, 0.2) is 35.3 Å². The van der Waals surface area contributed by atoms with Gasteiger partial charge in [0.2, 0.25) is 0 Å². The third-order valence-corrected chi connectivity index (χ3v) is 4.67. The van der Waals surface area contributed by atoms with Crippen LogP contribution in [0.25, 0.3) is 0 Å². The molecular formula is C20H34N4O2. The van der Waals surface area contributed by atoms with Gasteiger partial charge in [0.05, 0.1) is 12.7 Å². The first-order valence-electron chi connectivity index (χ1n) is 9.57. The first-order chi connectivity index (χ1) is 12.7. The molecular weight excluding hydrogens is 328 g/mol. The monoisotopic (exact) mass is 362 g/mol. The minimum Gasteiger partial charge on any atom is -0.379 e. The van der Waals surface area contributed by atoms with Gasteiger partial charge >= 0.3 is 0 Å². The summed E-state index contributed by atoms with van der Waals surface area (Å²) in [6.45, 7) is 7.19. The van der Waals surface area contributed by atoms with E-state index in [9.17, 15) is 0 Å². The van der Waals surface area contributed by atoms with Crippen LogP contribution in [0.5, 0.6) is 0 Å². The Hall–Kier alpha value is -1.63. The van der Waals surface area contributed by atoms with Crippen LogP contribution in [0.1, 0.15) is 25.3 Å². The van der Waals surface area contributed by atoms with E-state index in [1.54, 1.807) is 7.05 Å². The second-order valence-corrected chi connectivity index (χ2v) is 6.84. The van der Waals surface area contributed by atoms with Crippen LogP contribution in [0.2, 0.25) is 0 Å². The van der Waals surface area contributed by atoms with Gasteiger partial charge in [-0.3, -0.25) is 9.89 Å². The van der Waals surface area contributed by atoms with Gasteiger partial charge in [-0.1, -0.05) is 30.3 Å². The molecule has 0 spiro atoms. The molecule has 1 fully saturated rings. The van der Waals surface area contributed by atoms with E-state index in [0.29, 0.717) is 6.04 Å². The van der Waals surface area contributed by atoms with Crippen molar-refractivity contribution in [3.05, 3.63) is 35.9 Å². The van der Waals surface area contributed by atoms with Crippen LogP contribution in [0, 0.1) is 0 Å². The van der Waals surface area contributed by atoms with Crippen LogP contribution >= 0.6 is 0 Å². The molecule has 2 atom stereocenters. The van der Waals surface area contributed by atoms with Crippen molar-refractivity contribution in [3.63, 3.8) is 0 Å². The van der Waals surface area contributed by atoms with Crippen LogP contribution in [0.3, 0.4) is 0 Å². The molecule has 0 amide bonds. The largest absolute Gasteiger partial charge is 0.379 e. The number of aliphatic imine (C=N–C) groups is 1. The number of benzene rings is 1. The number of hydrogen-bond acceptors (Lipinski definition) is 4. The van der Waals surface area contributed by atoms with Gasteiger partial charge in [-0.2, -0.15) is 0 Å².